The summed E-state index contributed by atoms with van der Waals surface area (Å²) in [7, 11) is 4.35. The Morgan fingerprint density at radius 3 is 2.03 bits per heavy atom. The van der Waals surface area contributed by atoms with Gasteiger partial charge in [-0.1, -0.05) is 6.07 Å². The molecule has 0 aliphatic carbocycles. The van der Waals surface area contributed by atoms with Crippen molar-refractivity contribution in [2.75, 3.05) is 41.0 Å². The Bertz CT molecular complexity index is 937. The molecule has 0 aromatic heterocycles. The van der Waals surface area contributed by atoms with Gasteiger partial charge in [-0.3, -0.25) is 14.4 Å². The fraction of sp³-hybridized carbons (Fsp3) is 0.318. The van der Waals surface area contributed by atoms with Gasteiger partial charge in [0.15, 0.2) is 11.5 Å². The molecule has 4 N–H and O–H groups in total. The molecular weight excluding hydrogens is 418 g/mol. The van der Waals surface area contributed by atoms with Crippen LogP contribution in [0.1, 0.15) is 27.1 Å². The second kappa shape index (κ2) is 12.0. The maximum atomic E-state index is 12.4. The highest BCUT2D eigenvalue weighted by Gasteiger charge is 2.17. The number of ether oxygens (including phenoxy) is 3. The molecule has 0 spiro atoms. The van der Waals surface area contributed by atoms with Crippen LogP contribution in [0.15, 0.2) is 36.4 Å². The maximum absolute atomic E-state index is 12.4. The highest BCUT2D eigenvalue weighted by atomic mass is 16.5. The van der Waals surface area contributed by atoms with Gasteiger partial charge in [0.2, 0.25) is 11.7 Å². The normalized spacial score (nSPS) is 10.1. The van der Waals surface area contributed by atoms with E-state index in [1.807, 2.05) is 0 Å². The highest BCUT2D eigenvalue weighted by molar-refractivity contribution is 5.97. The minimum absolute atomic E-state index is 0.0125. The number of hydrogen-bond acceptors (Lipinski definition) is 7. The van der Waals surface area contributed by atoms with E-state index in [-0.39, 0.29) is 29.7 Å². The molecule has 10 nitrogen and oxygen atoms in total. The summed E-state index contributed by atoms with van der Waals surface area (Å²) < 4.78 is 15.6. The van der Waals surface area contributed by atoms with Gasteiger partial charge in [0, 0.05) is 24.2 Å². The molecule has 0 heterocycles. The first kappa shape index (κ1) is 24.3. The third-order valence-electron chi connectivity index (χ3n) is 4.41. The van der Waals surface area contributed by atoms with E-state index >= 15 is 0 Å². The number of methoxy groups -OCH3 is 3. The van der Waals surface area contributed by atoms with E-state index in [4.69, 9.17) is 14.2 Å². The number of carbonyl (C=O) groups is 3. The number of phenols is 1. The summed E-state index contributed by atoms with van der Waals surface area (Å²) in [5.74, 6) is -0.130. The van der Waals surface area contributed by atoms with Crippen molar-refractivity contribution >= 4 is 17.7 Å². The minimum Gasteiger partial charge on any atom is -0.508 e. The van der Waals surface area contributed by atoms with Crippen molar-refractivity contribution in [3.63, 3.8) is 0 Å². The van der Waals surface area contributed by atoms with Crippen LogP contribution in [0.5, 0.6) is 23.0 Å². The fourth-order valence-corrected chi connectivity index (χ4v) is 2.80. The number of nitrogens with one attached hydrogen (secondary N) is 3. The summed E-state index contributed by atoms with van der Waals surface area (Å²) in [5, 5.41) is 17.3. The van der Waals surface area contributed by atoms with Crippen molar-refractivity contribution in [3.8, 4) is 23.0 Å². The van der Waals surface area contributed by atoms with Crippen molar-refractivity contribution in [1.29, 1.82) is 0 Å². The van der Waals surface area contributed by atoms with Gasteiger partial charge in [-0.05, 0) is 36.8 Å². The predicted molar refractivity (Wildman–Crippen MR) is 116 cm³/mol. The van der Waals surface area contributed by atoms with Gasteiger partial charge in [0.25, 0.3) is 11.8 Å². The lowest BCUT2D eigenvalue weighted by atomic mass is 10.1. The molecule has 10 heteroatoms. The van der Waals surface area contributed by atoms with E-state index in [0.29, 0.717) is 42.3 Å². The van der Waals surface area contributed by atoms with E-state index in [1.165, 1.54) is 45.6 Å². The maximum Gasteiger partial charge on any atom is 0.251 e. The summed E-state index contributed by atoms with van der Waals surface area (Å²) in [4.78, 5) is 36.3. The van der Waals surface area contributed by atoms with E-state index in [1.54, 1.807) is 12.1 Å². The van der Waals surface area contributed by atoms with Crippen molar-refractivity contribution in [2.24, 2.45) is 0 Å². The second-order valence-corrected chi connectivity index (χ2v) is 6.61. The fourth-order valence-electron chi connectivity index (χ4n) is 2.80. The first-order chi connectivity index (χ1) is 15.4. The summed E-state index contributed by atoms with van der Waals surface area (Å²) in [6.07, 6.45) is 0.497. The summed E-state index contributed by atoms with van der Waals surface area (Å²) in [6.45, 7) is 0.441. The first-order valence-corrected chi connectivity index (χ1v) is 9.81. The van der Waals surface area contributed by atoms with E-state index in [0.717, 1.165) is 0 Å². The molecule has 0 aliphatic rings. The van der Waals surface area contributed by atoms with Crippen LogP contribution in [-0.2, 0) is 4.79 Å². The number of amides is 3. The Labute approximate surface area is 185 Å². The molecule has 0 atom stereocenters. The van der Waals surface area contributed by atoms with Gasteiger partial charge >= 0.3 is 0 Å². The average molecular weight is 445 g/mol. The lowest BCUT2D eigenvalue weighted by Gasteiger charge is -2.14. The monoisotopic (exact) mass is 445 g/mol. The smallest absolute Gasteiger partial charge is 0.251 e. The third-order valence-corrected chi connectivity index (χ3v) is 4.41. The Balaban J connectivity index is 1.74. The van der Waals surface area contributed by atoms with Crippen molar-refractivity contribution in [1.82, 2.24) is 16.0 Å². The molecule has 3 amide bonds. The van der Waals surface area contributed by atoms with Gasteiger partial charge in [-0.25, -0.2) is 0 Å². The van der Waals surface area contributed by atoms with Crippen LogP contribution in [0, 0.1) is 0 Å². The van der Waals surface area contributed by atoms with E-state index in [2.05, 4.69) is 16.0 Å². The predicted octanol–water partition coefficient (Wildman–Crippen LogP) is 1.08. The van der Waals surface area contributed by atoms with Gasteiger partial charge in [-0.15, -0.1) is 0 Å². The number of rotatable bonds is 11. The Hall–Kier alpha value is -3.95. The van der Waals surface area contributed by atoms with Crippen molar-refractivity contribution < 1.29 is 33.7 Å². The van der Waals surface area contributed by atoms with Gasteiger partial charge in [0.05, 0.1) is 27.9 Å². The summed E-state index contributed by atoms with van der Waals surface area (Å²) in [6, 6.07) is 9.00. The zero-order valence-corrected chi connectivity index (χ0v) is 18.2. The molecule has 2 aromatic carbocycles. The number of hydrogen-bond donors (Lipinski definition) is 4. The van der Waals surface area contributed by atoms with Crippen LogP contribution in [0.25, 0.3) is 0 Å². The standard InChI is InChI=1S/C22H27N3O7/c1-30-17-11-15(12-18(31-2)20(17)32-3)22(29)25-13-19(27)23-8-5-9-24-21(28)14-6-4-7-16(26)10-14/h4,6-7,10-12,26H,5,8-9,13H2,1-3H3,(H,23,27)(H,24,28)(H,25,29). The highest BCUT2D eigenvalue weighted by Crippen LogP contribution is 2.38. The summed E-state index contributed by atoms with van der Waals surface area (Å²) >= 11 is 0. The molecule has 172 valence electrons. The largest absolute Gasteiger partial charge is 0.508 e. The number of aromatic hydroxyl groups is 1. The minimum atomic E-state index is -0.474. The van der Waals surface area contributed by atoms with Crippen LogP contribution >= 0.6 is 0 Å². The molecule has 0 bridgehead atoms. The molecular formula is C22H27N3O7. The molecule has 0 saturated heterocycles. The number of benzene rings is 2. The first-order valence-electron chi connectivity index (χ1n) is 9.81. The Morgan fingerprint density at radius 2 is 1.44 bits per heavy atom. The number of phenolic OH excluding ortho intramolecular Hbond substituents is 1. The molecule has 0 fully saturated rings. The van der Waals surface area contributed by atoms with E-state index in [9.17, 15) is 19.5 Å². The zero-order valence-electron chi connectivity index (χ0n) is 18.2. The lowest BCUT2D eigenvalue weighted by Crippen LogP contribution is -2.38. The molecule has 2 rings (SSSR count). The van der Waals surface area contributed by atoms with Crippen LogP contribution in [0.3, 0.4) is 0 Å². The molecule has 0 aliphatic heterocycles. The second-order valence-electron chi connectivity index (χ2n) is 6.61. The average Bonchev–Trinajstić information content (AvgIpc) is 2.80. The molecule has 0 saturated carbocycles. The van der Waals surface area contributed by atoms with E-state index < -0.39 is 5.91 Å². The van der Waals surface area contributed by atoms with Gasteiger partial charge < -0.3 is 35.3 Å². The Morgan fingerprint density at radius 1 is 0.812 bits per heavy atom. The molecule has 2 aromatic rings. The summed E-state index contributed by atoms with van der Waals surface area (Å²) in [5.41, 5.74) is 0.602. The lowest BCUT2D eigenvalue weighted by molar-refractivity contribution is -0.120. The quantitative estimate of drug-likeness (QED) is 0.380. The third kappa shape index (κ3) is 6.79. The zero-order chi connectivity index (χ0) is 23.5. The molecule has 0 unspecified atom stereocenters. The van der Waals surface area contributed by atoms with Crippen molar-refractivity contribution in [2.45, 2.75) is 6.42 Å². The van der Waals surface area contributed by atoms with Crippen LogP contribution in [0.4, 0.5) is 0 Å². The molecule has 32 heavy (non-hydrogen) atoms. The SMILES string of the molecule is COc1cc(C(=O)NCC(=O)NCCCNC(=O)c2cccc(O)c2)cc(OC)c1OC. The molecule has 0 radical (unpaired) electrons. The number of carbonyl (C=O) groups excluding carboxylic acids is 3. The Kier molecular flexibility index (Phi) is 9.15. The van der Waals surface area contributed by atoms with Crippen LogP contribution < -0.4 is 30.2 Å². The van der Waals surface area contributed by atoms with Crippen molar-refractivity contribution in [3.05, 3.63) is 47.5 Å². The topological polar surface area (TPSA) is 135 Å². The van der Waals surface area contributed by atoms with Gasteiger partial charge in [0.1, 0.15) is 5.75 Å². The van der Waals surface area contributed by atoms with Crippen LogP contribution in [-0.4, -0.2) is 63.8 Å². The van der Waals surface area contributed by atoms with Gasteiger partial charge in [-0.2, -0.15) is 0 Å². The van der Waals surface area contributed by atoms with Crippen LogP contribution in [0.2, 0.25) is 0 Å².